The van der Waals surface area contributed by atoms with E-state index in [0.29, 0.717) is 11.3 Å². The van der Waals surface area contributed by atoms with E-state index in [0.717, 1.165) is 19.4 Å². The number of nitro benzene ring substituents is 1. The molecule has 108 valence electrons. The Morgan fingerprint density at radius 1 is 1.50 bits per heavy atom. The predicted octanol–water partition coefficient (Wildman–Crippen LogP) is 2.23. The maximum absolute atomic E-state index is 12.2. The van der Waals surface area contributed by atoms with Crippen LogP contribution in [-0.2, 0) is 4.79 Å². The van der Waals surface area contributed by atoms with Gasteiger partial charge in [-0.05, 0) is 38.3 Å². The van der Waals surface area contributed by atoms with Gasteiger partial charge in [0.15, 0.2) is 0 Å². The van der Waals surface area contributed by atoms with Crippen molar-refractivity contribution in [3.8, 4) is 0 Å². The second-order valence-corrected chi connectivity index (χ2v) is 5.30. The molecular weight excluding hydrogens is 258 g/mol. The van der Waals surface area contributed by atoms with Gasteiger partial charge in [0, 0.05) is 17.3 Å². The summed E-state index contributed by atoms with van der Waals surface area (Å²) >= 11 is 0. The molecule has 0 aliphatic carbocycles. The fourth-order valence-electron chi connectivity index (χ4n) is 2.50. The van der Waals surface area contributed by atoms with E-state index in [9.17, 15) is 14.9 Å². The van der Waals surface area contributed by atoms with Gasteiger partial charge < -0.3 is 10.6 Å². The molecule has 1 aliphatic heterocycles. The molecule has 1 amide bonds. The smallest absolute Gasteiger partial charge is 0.274 e. The van der Waals surface area contributed by atoms with Crippen LogP contribution in [0.5, 0.6) is 0 Å². The third-order valence-electron chi connectivity index (χ3n) is 3.73. The van der Waals surface area contributed by atoms with Crippen molar-refractivity contribution >= 4 is 17.3 Å². The van der Waals surface area contributed by atoms with Gasteiger partial charge in [-0.25, -0.2) is 0 Å². The highest BCUT2D eigenvalue weighted by Gasteiger charge is 2.27. The molecule has 1 aromatic rings. The van der Waals surface area contributed by atoms with Crippen molar-refractivity contribution in [1.29, 1.82) is 0 Å². The molecule has 1 aromatic carbocycles. The summed E-state index contributed by atoms with van der Waals surface area (Å²) in [6.07, 6.45) is 2.08. The Kier molecular flexibility index (Phi) is 4.34. The average molecular weight is 277 g/mol. The Balaban J connectivity index is 2.11. The number of aryl methyl sites for hydroxylation is 1. The number of nitrogens with one attached hydrogen (secondary N) is 2. The van der Waals surface area contributed by atoms with Crippen molar-refractivity contribution in [1.82, 2.24) is 5.32 Å². The van der Waals surface area contributed by atoms with E-state index in [1.165, 1.54) is 6.07 Å². The molecular formula is C14H19N3O3. The lowest BCUT2D eigenvalue weighted by molar-refractivity contribution is -0.385. The van der Waals surface area contributed by atoms with Crippen LogP contribution in [0.2, 0.25) is 0 Å². The largest absolute Gasteiger partial charge is 0.324 e. The Hall–Kier alpha value is -1.95. The summed E-state index contributed by atoms with van der Waals surface area (Å²) in [5.74, 6) is 0.138. The highest BCUT2D eigenvalue weighted by molar-refractivity contribution is 5.95. The van der Waals surface area contributed by atoms with Gasteiger partial charge in [-0.15, -0.1) is 0 Å². The highest BCUT2D eigenvalue weighted by Crippen LogP contribution is 2.23. The molecule has 6 nitrogen and oxygen atoms in total. The maximum atomic E-state index is 12.2. The molecule has 1 fully saturated rings. The van der Waals surface area contributed by atoms with Crippen LogP contribution in [0.1, 0.15) is 25.3 Å². The first-order valence-corrected chi connectivity index (χ1v) is 6.78. The number of carbonyl (C=O) groups is 1. The van der Waals surface area contributed by atoms with Gasteiger partial charge in [0.2, 0.25) is 5.91 Å². The molecule has 2 rings (SSSR count). The number of benzene rings is 1. The van der Waals surface area contributed by atoms with E-state index in [-0.39, 0.29) is 23.6 Å². The highest BCUT2D eigenvalue weighted by atomic mass is 16.6. The molecule has 2 N–H and O–H groups in total. The molecule has 0 radical (unpaired) electrons. The average Bonchev–Trinajstić information content (AvgIpc) is 2.41. The van der Waals surface area contributed by atoms with Gasteiger partial charge in [0.1, 0.15) is 0 Å². The lowest BCUT2D eigenvalue weighted by Gasteiger charge is -2.28. The zero-order valence-electron chi connectivity index (χ0n) is 11.7. The van der Waals surface area contributed by atoms with Gasteiger partial charge in [-0.1, -0.05) is 13.0 Å². The zero-order valence-corrected chi connectivity index (χ0v) is 11.7. The number of hydrogen-bond acceptors (Lipinski definition) is 4. The summed E-state index contributed by atoms with van der Waals surface area (Å²) in [6, 6.07) is 4.50. The second kappa shape index (κ2) is 6.00. The zero-order chi connectivity index (χ0) is 14.7. The van der Waals surface area contributed by atoms with Crippen LogP contribution in [0, 0.1) is 23.0 Å². The lowest BCUT2D eigenvalue weighted by Crippen LogP contribution is -2.48. The number of hydrogen-bond donors (Lipinski definition) is 2. The van der Waals surface area contributed by atoms with Gasteiger partial charge in [-0.2, -0.15) is 0 Å². The summed E-state index contributed by atoms with van der Waals surface area (Å²) in [6.45, 7) is 4.54. The number of nitrogens with zero attached hydrogens (tertiary/aromatic N) is 1. The Bertz CT molecular complexity index is 530. The molecule has 0 aromatic heterocycles. The monoisotopic (exact) mass is 277 g/mol. The van der Waals surface area contributed by atoms with Crippen molar-refractivity contribution in [2.75, 3.05) is 11.9 Å². The molecule has 2 atom stereocenters. The molecule has 0 bridgehead atoms. The number of carbonyl (C=O) groups excluding carboxylic acids is 1. The van der Waals surface area contributed by atoms with Crippen LogP contribution in [0.15, 0.2) is 18.2 Å². The molecule has 1 heterocycles. The number of rotatable bonds is 3. The Morgan fingerprint density at radius 3 is 2.90 bits per heavy atom. The molecule has 6 heteroatoms. The van der Waals surface area contributed by atoms with Crippen molar-refractivity contribution in [2.24, 2.45) is 5.92 Å². The summed E-state index contributed by atoms with van der Waals surface area (Å²) in [7, 11) is 0. The Labute approximate surface area is 117 Å². The van der Waals surface area contributed by atoms with Gasteiger partial charge in [-0.3, -0.25) is 14.9 Å². The minimum atomic E-state index is -0.438. The first-order chi connectivity index (χ1) is 9.49. The van der Waals surface area contributed by atoms with Crippen molar-refractivity contribution in [3.63, 3.8) is 0 Å². The van der Waals surface area contributed by atoms with E-state index in [1.54, 1.807) is 19.1 Å². The Morgan fingerprint density at radius 2 is 2.25 bits per heavy atom. The molecule has 1 saturated heterocycles. The topological polar surface area (TPSA) is 84.3 Å². The minimum Gasteiger partial charge on any atom is -0.324 e. The summed E-state index contributed by atoms with van der Waals surface area (Å²) in [4.78, 5) is 22.7. The van der Waals surface area contributed by atoms with Crippen LogP contribution in [-0.4, -0.2) is 23.4 Å². The van der Waals surface area contributed by atoms with Crippen molar-refractivity contribution in [3.05, 3.63) is 33.9 Å². The van der Waals surface area contributed by atoms with Gasteiger partial charge in [0.05, 0.1) is 11.0 Å². The first kappa shape index (κ1) is 14.5. The molecule has 0 spiro atoms. The van der Waals surface area contributed by atoms with E-state index in [2.05, 4.69) is 10.6 Å². The van der Waals surface area contributed by atoms with Crippen LogP contribution in [0.3, 0.4) is 0 Å². The number of piperidine rings is 1. The molecule has 0 saturated carbocycles. The SMILES string of the molecule is Cc1ccc(NC(=O)C2NCCCC2C)cc1[N+](=O)[O-]. The maximum Gasteiger partial charge on any atom is 0.274 e. The lowest BCUT2D eigenvalue weighted by atomic mass is 9.92. The quantitative estimate of drug-likeness (QED) is 0.655. The number of anilines is 1. The third kappa shape index (κ3) is 3.14. The van der Waals surface area contributed by atoms with E-state index >= 15 is 0 Å². The standard InChI is InChI=1S/C14H19N3O3/c1-9-5-6-11(8-12(9)17(19)20)16-14(18)13-10(2)4-3-7-15-13/h5-6,8,10,13,15H,3-4,7H2,1-2H3,(H,16,18). The fourth-order valence-corrected chi connectivity index (χ4v) is 2.50. The van der Waals surface area contributed by atoms with E-state index in [4.69, 9.17) is 0 Å². The third-order valence-corrected chi connectivity index (χ3v) is 3.73. The summed E-state index contributed by atoms with van der Waals surface area (Å²) in [5.41, 5.74) is 1.07. The molecule has 1 aliphatic rings. The van der Waals surface area contributed by atoms with Crippen LogP contribution in [0.4, 0.5) is 11.4 Å². The number of nitro groups is 1. The number of amides is 1. The summed E-state index contributed by atoms with van der Waals surface area (Å²) in [5, 5.41) is 16.8. The van der Waals surface area contributed by atoms with Crippen LogP contribution < -0.4 is 10.6 Å². The normalized spacial score (nSPS) is 22.3. The summed E-state index contributed by atoms with van der Waals surface area (Å²) < 4.78 is 0. The van der Waals surface area contributed by atoms with E-state index < -0.39 is 4.92 Å². The fraction of sp³-hybridized carbons (Fsp3) is 0.500. The molecule has 20 heavy (non-hydrogen) atoms. The minimum absolute atomic E-state index is 0.0208. The van der Waals surface area contributed by atoms with Crippen molar-refractivity contribution < 1.29 is 9.72 Å². The van der Waals surface area contributed by atoms with Crippen LogP contribution in [0.25, 0.3) is 0 Å². The van der Waals surface area contributed by atoms with Gasteiger partial charge >= 0.3 is 0 Å². The first-order valence-electron chi connectivity index (χ1n) is 6.78. The predicted molar refractivity (Wildman–Crippen MR) is 76.7 cm³/mol. The van der Waals surface area contributed by atoms with Gasteiger partial charge in [0.25, 0.3) is 5.69 Å². The van der Waals surface area contributed by atoms with Crippen LogP contribution >= 0.6 is 0 Å². The second-order valence-electron chi connectivity index (χ2n) is 5.30. The van der Waals surface area contributed by atoms with E-state index in [1.807, 2.05) is 6.92 Å². The van der Waals surface area contributed by atoms with Crippen molar-refractivity contribution in [2.45, 2.75) is 32.7 Å². The molecule has 2 unspecified atom stereocenters.